The number of hydrogen-bond donors (Lipinski definition) is 1. The number of hydrogen-bond acceptors (Lipinski definition) is 2. The highest BCUT2D eigenvalue weighted by molar-refractivity contribution is 6.63. The maximum atomic E-state index is 10.5. The fourth-order valence-corrected chi connectivity index (χ4v) is 1.37. The largest absolute Gasteiger partial charge is 0.330 e. The number of rotatable bonds is 5. The average Bonchev–Trinajstić information content (AvgIpc) is 1.84. The highest BCUT2D eigenvalue weighted by Crippen LogP contribution is 2.15. The Labute approximate surface area is 73.1 Å². The molecule has 11 heavy (non-hydrogen) atoms. The lowest BCUT2D eigenvalue weighted by atomic mass is 9.95. The summed E-state index contributed by atoms with van der Waals surface area (Å²) < 4.78 is 0. The topological polar surface area (TPSA) is 43.1 Å². The zero-order chi connectivity index (χ0) is 8.85. The molecular weight excluding hydrogens is 162 g/mol. The van der Waals surface area contributed by atoms with E-state index in [2.05, 4.69) is 13.8 Å². The molecule has 2 nitrogen and oxygen atoms in total. The predicted octanol–water partition coefficient (Wildman–Crippen LogP) is 1.76. The van der Waals surface area contributed by atoms with Gasteiger partial charge in [-0.1, -0.05) is 13.8 Å². The van der Waals surface area contributed by atoms with Gasteiger partial charge in [0.15, 0.2) is 0 Å². The zero-order valence-electron chi connectivity index (χ0n) is 7.14. The summed E-state index contributed by atoms with van der Waals surface area (Å²) in [5.41, 5.74) is 5.46. The van der Waals surface area contributed by atoms with Crippen LogP contribution in [0.5, 0.6) is 0 Å². The molecule has 0 radical (unpaired) electrons. The van der Waals surface area contributed by atoms with Gasteiger partial charge in [-0.15, -0.1) is 0 Å². The van der Waals surface area contributed by atoms with Gasteiger partial charge in [0, 0.05) is 6.42 Å². The van der Waals surface area contributed by atoms with Gasteiger partial charge in [0.2, 0.25) is 5.24 Å². The van der Waals surface area contributed by atoms with E-state index in [-0.39, 0.29) is 11.2 Å². The smallest absolute Gasteiger partial charge is 0.221 e. The van der Waals surface area contributed by atoms with Crippen molar-refractivity contribution in [3.8, 4) is 0 Å². The third kappa shape index (κ3) is 6.32. The molecule has 0 bridgehead atoms. The second-order valence-electron chi connectivity index (χ2n) is 3.29. The van der Waals surface area contributed by atoms with Crippen LogP contribution in [0.1, 0.15) is 26.7 Å². The molecule has 0 fully saturated rings. The molecule has 0 rings (SSSR count). The van der Waals surface area contributed by atoms with Crippen LogP contribution in [-0.4, -0.2) is 11.8 Å². The van der Waals surface area contributed by atoms with E-state index in [0.29, 0.717) is 18.9 Å². The predicted molar refractivity (Wildman–Crippen MR) is 47.5 cm³/mol. The van der Waals surface area contributed by atoms with E-state index in [1.807, 2.05) is 0 Å². The Hall–Kier alpha value is -0.0800. The van der Waals surface area contributed by atoms with Crippen LogP contribution in [-0.2, 0) is 4.79 Å². The molecule has 0 spiro atoms. The van der Waals surface area contributed by atoms with Crippen molar-refractivity contribution in [2.75, 3.05) is 6.54 Å². The molecule has 0 saturated carbocycles. The van der Waals surface area contributed by atoms with Gasteiger partial charge in [-0.2, -0.15) is 0 Å². The van der Waals surface area contributed by atoms with Crippen LogP contribution in [0.3, 0.4) is 0 Å². The van der Waals surface area contributed by atoms with Gasteiger partial charge < -0.3 is 5.73 Å². The van der Waals surface area contributed by atoms with Crippen LogP contribution in [0.2, 0.25) is 0 Å². The first-order valence-corrected chi connectivity index (χ1v) is 4.32. The monoisotopic (exact) mass is 177 g/mol. The molecule has 1 atom stereocenters. The molecule has 0 aromatic heterocycles. The minimum Gasteiger partial charge on any atom is -0.330 e. The van der Waals surface area contributed by atoms with E-state index >= 15 is 0 Å². The Bertz CT molecular complexity index is 125. The number of halogens is 1. The molecule has 0 aliphatic rings. The summed E-state index contributed by atoms with van der Waals surface area (Å²) in [7, 11) is 0. The minimum absolute atomic E-state index is 0.264. The first kappa shape index (κ1) is 10.9. The summed E-state index contributed by atoms with van der Waals surface area (Å²) in [5.74, 6) is 0.847. The SMILES string of the molecule is CC(C)CC(CN)CC(=O)Cl. The first-order chi connectivity index (χ1) is 5.06. The van der Waals surface area contributed by atoms with E-state index < -0.39 is 0 Å². The summed E-state index contributed by atoms with van der Waals surface area (Å²) in [6.45, 7) is 4.78. The second kappa shape index (κ2) is 5.56. The van der Waals surface area contributed by atoms with Crippen molar-refractivity contribution in [2.45, 2.75) is 26.7 Å². The van der Waals surface area contributed by atoms with Gasteiger partial charge in [0.1, 0.15) is 0 Å². The third-order valence-electron chi connectivity index (χ3n) is 1.59. The van der Waals surface area contributed by atoms with E-state index in [1.165, 1.54) is 0 Å². The van der Waals surface area contributed by atoms with E-state index in [9.17, 15) is 4.79 Å². The van der Waals surface area contributed by atoms with Crippen molar-refractivity contribution in [3.05, 3.63) is 0 Å². The molecule has 0 saturated heterocycles. The van der Waals surface area contributed by atoms with Crippen LogP contribution in [0.15, 0.2) is 0 Å². The maximum Gasteiger partial charge on any atom is 0.221 e. The van der Waals surface area contributed by atoms with E-state index in [1.54, 1.807) is 0 Å². The lowest BCUT2D eigenvalue weighted by Crippen LogP contribution is -2.18. The van der Waals surface area contributed by atoms with E-state index in [4.69, 9.17) is 17.3 Å². The molecule has 2 N–H and O–H groups in total. The highest BCUT2D eigenvalue weighted by Gasteiger charge is 2.11. The second-order valence-corrected chi connectivity index (χ2v) is 3.71. The lowest BCUT2D eigenvalue weighted by Gasteiger charge is -2.13. The van der Waals surface area contributed by atoms with Crippen LogP contribution >= 0.6 is 11.6 Å². The van der Waals surface area contributed by atoms with Gasteiger partial charge in [-0.3, -0.25) is 4.79 Å². The molecule has 0 aromatic rings. The Kier molecular flexibility index (Phi) is 5.51. The summed E-state index contributed by atoms with van der Waals surface area (Å²) in [6.07, 6.45) is 1.39. The maximum absolute atomic E-state index is 10.5. The Morgan fingerprint density at radius 3 is 2.36 bits per heavy atom. The summed E-state index contributed by atoms with van der Waals surface area (Å²) in [4.78, 5) is 10.5. The molecular formula is C8H16ClNO. The van der Waals surface area contributed by atoms with Gasteiger partial charge >= 0.3 is 0 Å². The Balaban J connectivity index is 3.66. The molecule has 0 heterocycles. The summed E-state index contributed by atoms with van der Waals surface area (Å²) in [5, 5.41) is -0.277. The van der Waals surface area contributed by atoms with Crippen LogP contribution in [0.25, 0.3) is 0 Å². The average molecular weight is 178 g/mol. The van der Waals surface area contributed by atoms with Crippen molar-refractivity contribution in [2.24, 2.45) is 17.6 Å². The highest BCUT2D eigenvalue weighted by atomic mass is 35.5. The normalized spacial score (nSPS) is 13.5. The third-order valence-corrected chi connectivity index (χ3v) is 1.74. The van der Waals surface area contributed by atoms with Gasteiger partial charge in [0.05, 0.1) is 0 Å². The molecule has 0 aliphatic carbocycles. The Morgan fingerprint density at radius 2 is 2.09 bits per heavy atom. The fraction of sp³-hybridized carbons (Fsp3) is 0.875. The number of carbonyl (C=O) groups excluding carboxylic acids is 1. The fourth-order valence-electron chi connectivity index (χ4n) is 1.16. The van der Waals surface area contributed by atoms with Crippen molar-refractivity contribution < 1.29 is 4.79 Å². The van der Waals surface area contributed by atoms with Crippen molar-refractivity contribution in [1.82, 2.24) is 0 Å². The van der Waals surface area contributed by atoms with Crippen molar-refractivity contribution in [3.63, 3.8) is 0 Å². The molecule has 3 heteroatoms. The van der Waals surface area contributed by atoms with Crippen LogP contribution in [0, 0.1) is 11.8 Å². The van der Waals surface area contributed by atoms with Crippen molar-refractivity contribution >= 4 is 16.8 Å². The Morgan fingerprint density at radius 1 is 1.55 bits per heavy atom. The number of carbonyl (C=O) groups is 1. The summed E-state index contributed by atoms with van der Waals surface area (Å²) >= 11 is 5.24. The standard InChI is InChI=1S/C8H16ClNO/c1-6(2)3-7(5-10)4-8(9)11/h6-7H,3-5,10H2,1-2H3. The van der Waals surface area contributed by atoms with Crippen molar-refractivity contribution in [1.29, 1.82) is 0 Å². The van der Waals surface area contributed by atoms with Crippen LogP contribution < -0.4 is 5.73 Å². The van der Waals surface area contributed by atoms with E-state index in [0.717, 1.165) is 6.42 Å². The van der Waals surface area contributed by atoms with Gasteiger partial charge in [0.25, 0.3) is 0 Å². The molecule has 0 amide bonds. The minimum atomic E-state index is -0.277. The quantitative estimate of drug-likeness (QED) is 0.651. The lowest BCUT2D eigenvalue weighted by molar-refractivity contribution is -0.112. The number of nitrogens with two attached hydrogens (primary N) is 1. The van der Waals surface area contributed by atoms with Gasteiger partial charge in [-0.25, -0.2) is 0 Å². The molecule has 1 unspecified atom stereocenters. The molecule has 0 aliphatic heterocycles. The van der Waals surface area contributed by atoms with Gasteiger partial charge in [-0.05, 0) is 36.4 Å². The zero-order valence-corrected chi connectivity index (χ0v) is 7.90. The molecule has 66 valence electrons. The van der Waals surface area contributed by atoms with Crippen LogP contribution in [0.4, 0.5) is 0 Å². The summed E-state index contributed by atoms with van der Waals surface area (Å²) in [6, 6.07) is 0. The molecule has 0 aromatic carbocycles. The first-order valence-electron chi connectivity index (χ1n) is 3.94.